The highest BCUT2D eigenvalue weighted by molar-refractivity contribution is 4.81. The fourth-order valence-electron chi connectivity index (χ4n) is 2.26. The van der Waals surface area contributed by atoms with Crippen molar-refractivity contribution in [1.29, 1.82) is 0 Å². The quantitative estimate of drug-likeness (QED) is 0.662. The molecule has 1 saturated heterocycles. The number of aliphatic hydroxyl groups is 2. The minimum absolute atomic E-state index is 0.190. The molecule has 17 heavy (non-hydrogen) atoms. The molecule has 4 nitrogen and oxygen atoms in total. The number of hydrogen-bond donors (Lipinski definition) is 3. The van der Waals surface area contributed by atoms with Crippen molar-refractivity contribution >= 4 is 0 Å². The van der Waals surface area contributed by atoms with Crippen molar-refractivity contribution in [3.8, 4) is 0 Å². The summed E-state index contributed by atoms with van der Waals surface area (Å²) in [4.78, 5) is 2.51. The van der Waals surface area contributed by atoms with Gasteiger partial charge in [-0.25, -0.2) is 0 Å². The van der Waals surface area contributed by atoms with E-state index in [1.165, 1.54) is 13.0 Å². The van der Waals surface area contributed by atoms with E-state index in [9.17, 15) is 5.11 Å². The topological polar surface area (TPSA) is 55.7 Å². The van der Waals surface area contributed by atoms with Crippen molar-refractivity contribution in [2.24, 2.45) is 0 Å². The largest absolute Gasteiger partial charge is 0.393 e. The second kappa shape index (κ2) is 6.69. The zero-order valence-electron chi connectivity index (χ0n) is 11.4. The van der Waals surface area contributed by atoms with Gasteiger partial charge in [0.1, 0.15) is 0 Å². The summed E-state index contributed by atoms with van der Waals surface area (Å²) in [5, 5.41) is 22.1. The molecule has 1 aliphatic heterocycles. The van der Waals surface area contributed by atoms with E-state index < -0.39 is 5.60 Å². The Balaban J connectivity index is 2.32. The molecule has 0 aliphatic carbocycles. The fraction of sp³-hybridized carbons (Fsp3) is 1.00. The maximum atomic E-state index is 9.74. The SMILES string of the molecule is CC(C)N1CCCC(NCC(C)(O)CO)CC1. The zero-order valence-corrected chi connectivity index (χ0v) is 11.4. The molecule has 0 aromatic rings. The normalized spacial score (nSPS) is 26.8. The minimum atomic E-state index is -0.996. The minimum Gasteiger partial charge on any atom is -0.393 e. The van der Waals surface area contributed by atoms with Crippen LogP contribution in [0.2, 0.25) is 0 Å². The van der Waals surface area contributed by atoms with E-state index in [1.54, 1.807) is 6.92 Å². The van der Waals surface area contributed by atoms with Crippen molar-refractivity contribution < 1.29 is 10.2 Å². The molecular formula is C13H28N2O2. The monoisotopic (exact) mass is 244 g/mol. The molecule has 2 atom stereocenters. The molecule has 0 bridgehead atoms. The third kappa shape index (κ3) is 5.34. The lowest BCUT2D eigenvalue weighted by Gasteiger charge is -2.26. The lowest BCUT2D eigenvalue weighted by atomic mass is 10.1. The van der Waals surface area contributed by atoms with Gasteiger partial charge in [0.2, 0.25) is 0 Å². The van der Waals surface area contributed by atoms with Gasteiger partial charge in [0.05, 0.1) is 12.2 Å². The second-order valence-corrected chi connectivity index (χ2v) is 5.79. The van der Waals surface area contributed by atoms with E-state index in [4.69, 9.17) is 5.11 Å². The first-order chi connectivity index (χ1) is 7.94. The summed E-state index contributed by atoms with van der Waals surface area (Å²) >= 11 is 0. The third-order valence-corrected chi connectivity index (χ3v) is 3.61. The lowest BCUT2D eigenvalue weighted by Crippen LogP contribution is -2.45. The van der Waals surface area contributed by atoms with Gasteiger partial charge in [0, 0.05) is 18.6 Å². The molecule has 1 fully saturated rings. The summed E-state index contributed by atoms with van der Waals surface area (Å²) in [6.45, 7) is 8.72. The van der Waals surface area contributed by atoms with Crippen LogP contribution in [0.1, 0.15) is 40.0 Å². The molecule has 3 N–H and O–H groups in total. The van der Waals surface area contributed by atoms with Gasteiger partial charge in [0.15, 0.2) is 0 Å². The van der Waals surface area contributed by atoms with Crippen LogP contribution < -0.4 is 5.32 Å². The number of likely N-dealkylation sites (tertiary alicyclic amines) is 1. The molecule has 0 amide bonds. The Morgan fingerprint density at radius 1 is 1.35 bits per heavy atom. The molecule has 0 aromatic carbocycles. The first-order valence-corrected chi connectivity index (χ1v) is 6.75. The molecule has 2 unspecified atom stereocenters. The van der Waals surface area contributed by atoms with Crippen molar-refractivity contribution in [1.82, 2.24) is 10.2 Å². The van der Waals surface area contributed by atoms with Crippen LogP contribution in [0.5, 0.6) is 0 Å². The van der Waals surface area contributed by atoms with Gasteiger partial charge in [-0.15, -0.1) is 0 Å². The average Bonchev–Trinajstić information content (AvgIpc) is 2.52. The van der Waals surface area contributed by atoms with Gasteiger partial charge in [-0.05, 0) is 53.1 Å². The Hall–Kier alpha value is -0.160. The summed E-state index contributed by atoms with van der Waals surface area (Å²) in [7, 11) is 0. The van der Waals surface area contributed by atoms with E-state index in [1.807, 2.05) is 0 Å². The molecule has 0 radical (unpaired) electrons. The lowest BCUT2D eigenvalue weighted by molar-refractivity contribution is 0.000407. The number of hydrogen-bond acceptors (Lipinski definition) is 4. The first kappa shape index (κ1) is 14.9. The van der Waals surface area contributed by atoms with E-state index in [2.05, 4.69) is 24.1 Å². The number of nitrogens with zero attached hydrogens (tertiary/aromatic N) is 1. The summed E-state index contributed by atoms with van der Waals surface area (Å²) in [6.07, 6.45) is 3.49. The van der Waals surface area contributed by atoms with Crippen LogP contribution in [0.3, 0.4) is 0 Å². The van der Waals surface area contributed by atoms with Crippen LogP contribution in [0.4, 0.5) is 0 Å². The highest BCUT2D eigenvalue weighted by atomic mass is 16.3. The third-order valence-electron chi connectivity index (χ3n) is 3.61. The maximum Gasteiger partial charge on any atom is 0.0972 e. The highest BCUT2D eigenvalue weighted by Gasteiger charge is 2.23. The summed E-state index contributed by atoms with van der Waals surface area (Å²) in [6, 6.07) is 1.09. The molecule has 1 rings (SSSR count). The van der Waals surface area contributed by atoms with E-state index in [-0.39, 0.29) is 6.61 Å². The number of nitrogens with one attached hydrogen (secondary N) is 1. The fourth-order valence-corrected chi connectivity index (χ4v) is 2.26. The number of aliphatic hydroxyl groups excluding tert-OH is 1. The first-order valence-electron chi connectivity index (χ1n) is 6.75. The van der Waals surface area contributed by atoms with E-state index in [0.717, 1.165) is 19.4 Å². The molecule has 1 heterocycles. The summed E-state index contributed by atoms with van der Waals surface area (Å²) in [5.41, 5.74) is -0.996. The van der Waals surface area contributed by atoms with Gasteiger partial charge >= 0.3 is 0 Å². The Bertz CT molecular complexity index is 219. The van der Waals surface area contributed by atoms with Crippen LogP contribution in [0, 0.1) is 0 Å². The van der Waals surface area contributed by atoms with Crippen LogP contribution in [-0.2, 0) is 0 Å². The van der Waals surface area contributed by atoms with Crippen molar-refractivity contribution in [3.63, 3.8) is 0 Å². The predicted molar refractivity (Wildman–Crippen MR) is 70.1 cm³/mol. The van der Waals surface area contributed by atoms with Gasteiger partial charge in [-0.3, -0.25) is 0 Å². The smallest absolute Gasteiger partial charge is 0.0972 e. The predicted octanol–water partition coefficient (Wildman–Crippen LogP) is 0.582. The van der Waals surface area contributed by atoms with Gasteiger partial charge in [-0.2, -0.15) is 0 Å². The van der Waals surface area contributed by atoms with E-state index >= 15 is 0 Å². The van der Waals surface area contributed by atoms with E-state index in [0.29, 0.717) is 18.6 Å². The zero-order chi connectivity index (χ0) is 12.9. The van der Waals surface area contributed by atoms with Crippen LogP contribution in [-0.4, -0.2) is 59.0 Å². The standard InChI is InChI=1S/C13H28N2O2/c1-11(2)15-7-4-5-12(6-8-15)14-9-13(3,17)10-16/h11-12,14,16-17H,4-10H2,1-3H3. The van der Waals surface area contributed by atoms with Crippen LogP contribution in [0.25, 0.3) is 0 Å². The van der Waals surface area contributed by atoms with Gasteiger partial charge in [-0.1, -0.05) is 0 Å². The van der Waals surface area contributed by atoms with Gasteiger partial charge < -0.3 is 20.4 Å². The van der Waals surface area contributed by atoms with Crippen molar-refractivity contribution in [2.45, 2.75) is 57.7 Å². The molecule has 102 valence electrons. The summed E-state index contributed by atoms with van der Waals surface area (Å²) < 4.78 is 0. The Labute approximate surface area is 105 Å². The molecule has 1 aliphatic rings. The molecule has 0 saturated carbocycles. The molecule has 0 aromatic heterocycles. The van der Waals surface area contributed by atoms with Crippen molar-refractivity contribution in [2.75, 3.05) is 26.2 Å². The molecule has 0 spiro atoms. The van der Waals surface area contributed by atoms with Crippen LogP contribution in [0.15, 0.2) is 0 Å². The highest BCUT2D eigenvalue weighted by Crippen LogP contribution is 2.14. The molecule has 4 heteroatoms. The Morgan fingerprint density at radius 2 is 2.06 bits per heavy atom. The second-order valence-electron chi connectivity index (χ2n) is 5.79. The maximum absolute atomic E-state index is 9.74. The average molecular weight is 244 g/mol. The Morgan fingerprint density at radius 3 is 2.65 bits per heavy atom. The van der Waals surface area contributed by atoms with Gasteiger partial charge in [0.25, 0.3) is 0 Å². The Kier molecular flexibility index (Phi) is 5.86. The van der Waals surface area contributed by atoms with Crippen LogP contribution >= 0.6 is 0 Å². The molecular weight excluding hydrogens is 216 g/mol. The summed E-state index contributed by atoms with van der Waals surface area (Å²) in [5.74, 6) is 0. The van der Waals surface area contributed by atoms with Crippen molar-refractivity contribution in [3.05, 3.63) is 0 Å². The number of rotatable bonds is 5.